The molecule has 22 nitrogen and oxygen atoms in total. The maximum Gasteiger partial charge on any atom is 0.472 e. The van der Waals surface area contributed by atoms with E-state index < -0.39 is 77.6 Å². The predicted molar refractivity (Wildman–Crippen MR) is 152 cm³/mol. The summed E-state index contributed by atoms with van der Waals surface area (Å²) in [5.41, 5.74) is 12.5. The van der Waals surface area contributed by atoms with Crippen LogP contribution in [0.3, 0.4) is 0 Å². The van der Waals surface area contributed by atoms with Gasteiger partial charge in [-0.3, -0.25) is 27.3 Å². The minimum Gasteiger partial charge on any atom is -0.386 e. The van der Waals surface area contributed by atoms with Crippen molar-refractivity contribution in [1.29, 1.82) is 0 Å². The average Bonchev–Trinajstić information content (AvgIpc) is 3.76. The van der Waals surface area contributed by atoms with E-state index in [0.29, 0.717) is 10.5 Å². The molecule has 0 aliphatic carbocycles. The number of nitrogens with zero attached hydrogens (tertiary/aromatic N) is 8. The first-order valence-corrected chi connectivity index (χ1v) is 17.8. The second kappa shape index (κ2) is 11.7. The Balaban J connectivity index is 1.17. The number of nitrogens with two attached hydrogens (primary N) is 2. The smallest absolute Gasteiger partial charge is 0.386 e. The molecule has 25 heteroatoms. The topological polar surface area (TPSA) is 310 Å². The van der Waals surface area contributed by atoms with Gasteiger partial charge in [-0.25, -0.2) is 29.5 Å². The van der Waals surface area contributed by atoms with Crippen molar-refractivity contribution < 1.29 is 56.9 Å². The van der Waals surface area contributed by atoms with Crippen molar-refractivity contribution in [1.82, 2.24) is 39.0 Å². The largest absolute Gasteiger partial charge is 0.472 e. The molecule has 3 aliphatic heterocycles. The first-order chi connectivity index (χ1) is 21.9. The molecule has 0 aromatic carbocycles. The van der Waals surface area contributed by atoms with Crippen molar-refractivity contribution in [2.75, 3.05) is 30.7 Å². The summed E-state index contributed by atoms with van der Waals surface area (Å²) in [6.07, 6.45) is -8.14. The van der Waals surface area contributed by atoms with E-state index in [2.05, 4.69) is 29.9 Å². The molecule has 8 N–H and O–H groups in total. The van der Waals surface area contributed by atoms with Crippen LogP contribution in [0.25, 0.3) is 22.3 Å². The van der Waals surface area contributed by atoms with E-state index in [1.807, 2.05) is 0 Å². The lowest BCUT2D eigenvalue weighted by Crippen LogP contribution is -2.38. The van der Waals surface area contributed by atoms with Gasteiger partial charge in [0.25, 0.3) is 0 Å². The number of aromatic nitrogens is 8. The van der Waals surface area contributed by atoms with Gasteiger partial charge in [0.15, 0.2) is 48.3 Å². The fourth-order valence-electron chi connectivity index (χ4n) is 5.34. The highest BCUT2D eigenvalue weighted by molar-refractivity contribution is 7.98. The van der Waals surface area contributed by atoms with E-state index in [-0.39, 0.29) is 28.6 Å². The number of aliphatic hydroxyl groups is 2. The average molecular weight is 705 g/mol. The first-order valence-electron chi connectivity index (χ1n) is 13.3. The molecule has 3 fully saturated rings. The molecule has 7 rings (SSSR count). The van der Waals surface area contributed by atoms with Gasteiger partial charge in [0.2, 0.25) is 5.95 Å². The maximum absolute atomic E-state index is 13.2. The third-order valence-corrected chi connectivity index (χ3v) is 10.1. The summed E-state index contributed by atoms with van der Waals surface area (Å²) in [7, 11) is -9.78. The minimum atomic E-state index is -5.04. The molecule has 4 unspecified atom stereocenters. The maximum atomic E-state index is 13.2. The number of rotatable bonds is 3. The van der Waals surface area contributed by atoms with Crippen LogP contribution < -0.4 is 11.5 Å². The molecule has 0 amide bonds. The zero-order chi connectivity index (χ0) is 32.5. The zero-order valence-electron chi connectivity index (χ0n) is 23.4. The van der Waals surface area contributed by atoms with Gasteiger partial charge < -0.3 is 45.7 Å². The molecule has 7 heterocycles. The number of thioether (sulfide) groups is 1. The molecule has 0 radical (unpaired) electrons. The number of aliphatic hydroxyl groups excluding tert-OH is 2. The van der Waals surface area contributed by atoms with Crippen molar-refractivity contribution in [3.8, 4) is 0 Å². The molecule has 0 saturated carbocycles. The Morgan fingerprint density at radius 1 is 0.913 bits per heavy atom. The van der Waals surface area contributed by atoms with Crippen molar-refractivity contribution in [2.24, 2.45) is 0 Å². The Morgan fingerprint density at radius 3 is 2.37 bits per heavy atom. The summed E-state index contributed by atoms with van der Waals surface area (Å²) < 4.78 is 61.9. The molecule has 0 bridgehead atoms. The summed E-state index contributed by atoms with van der Waals surface area (Å²) in [5, 5.41) is 22.8. The molecule has 10 atom stereocenters. The number of hydrogen-bond donors (Lipinski definition) is 6. The number of hydrogen-bond acceptors (Lipinski definition) is 19. The SMILES string of the molecule is CSc1nc(N)nc2c1ncn2[C@@H]1O[C@@H]2COP(=O)(O)OC3[C@@H](OCP(=O)(O)OC2[C@@H]1O)O[C@@H](n1cnc2c(N)ncnc21)[C@H]3O. The van der Waals surface area contributed by atoms with Gasteiger partial charge in [0.1, 0.15) is 46.8 Å². The second-order valence-corrected chi connectivity index (χ2v) is 14.2. The number of phosphoric acid groups is 1. The summed E-state index contributed by atoms with van der Waals surface area (Å²) in [5.74, 6) is -0.0363. The number of nitrogen functional groups attached to an aromatic ring is 2. The van der Waals surface area contributed by atoms with Crippen LogP contribution in [-0.4, -0.2) is 115 Å². The van der Waals surface area contributed by atoms with E-state index in [4.69, 9.17) is 39.2 Å². The van der Waals surface area contributed by atoms with E-state index in [0.717, 1.165) is 6.33 Å². The highest BCUT2D eigenvalue weighted by Crippen LogP contribution is 2.53. The molecule has 3 saturated heterocycles. The lowest BCUT2D eigenvalue weighted by molar-refractivity contribution is -0.168. The van der Waals surface area contributed by atoms with E-state index >= 15 is 0 Å². The molecule has 4 aromatic heterocycles. The van der Waals surface area contributed by atoms with Crippen LogP contribution in [0.4, 0.5) is 11.8 Å². The van der Waals surface area contributed by atoms with Crippen LogP contribution in [0.15, 0.2) is 24.0 Å². The van der Waals surface area contributed by atoms with Crippen molar-refractivity contribution in [3.05, 3.63) is 19.0 Å². The first kappa shape index (κ1) is 31.7. The molecule has 3 aliphatic rings. The van der Waals surface area contributed by atoms with Gasteiger partial charge in [-0.05, 0) is 6.26 Å². The van der Waals surface area contributed by atoms with Gasteiger partial charge in [-0.15, -0.1) is 11.8 Å². The monoisotopic (exact) mass is 704 g/mol. The van der Waals surface area contributed by atoms with Crippen molar-refractivity contribution in [2.45, 2.75) is 54.3 Å². The normalized spacial score (nSPS) is 37.2. The highest BCUT2D eigenvalue weighted by Gasteiger charge is 2.54. The minimum absolute atomic E-state index is 0.0439. The molecule has 46 heavy (non-hydrogen) atoms. The van der Waals surface area contributed by atoms with Crippen LogP contribution >= 0.6 is 27.2 Å². The Kier molecular flexibility index (Phi) is 8.04. The third-order valence-electron chi connectivity index (χ3n) is 7.36. The summed E-state index contributed by atoms with van der Waals surface area (Å²) in [4.78, 5) is 46.0. The highest BCUT2D eigenvalue weighted by atomic mass is 32.2. The number of phosphoric ester groups is 1. The van der Waals surface area contributed by atoms with Gasteiger partial charge in [-0.1, -0.05) is 0 Å². The Labute approximate surface area is 261 Å². The second-order valence-electron chi connectivity index (χ2n) is 10.3. The van der Waals surface area contributed by atoms with Crippen LogP contribution in [0.2, 0.25) is 0 Å². The number of ether oxygens (including phenoxy) is 3. The third kappa shape index (κ3) is 5.56. The summed E-state index contributed by atoms with van der Waals surface area (Å²) >= 11 is 1.26. The predicted octanol–water partition coefficient (Wildman–Crippen LogP) is -0.913. The van der Waals surface area contributed by atoms with Gasteiger partial charge in [0, 0.05) is 0 Å². The molecule has 4 aromatic rings. The van der Waals surface area contributed by atoms with Crippen LogP contribution in [-0.2, 0) is 36.9 Å². The quantitative estimate of drug-likeness (QED) is 0.0853. The Hall–Kier alpha value is -2.89. The Bertz CT molecular complexity index is 1900. The lowest BCUT2D eigenvalue weighted by Gasteiger charge is -2.28. The number of fused-ring (bicyclic) bond motifs is 4. The lowest BCUT2D eigenvalue weighted by atomic mass is 10.1. The van der Waals surface area contributed by atoms with E-state index in [9.17, 15) is 29.1 Å². The van der Waals surface area contributed by atoms with Crippen molar-refractivity contribution in [3.63, 3.8) is 0 Å². The fourth-order valence-corrected chi connectivity index (χ4v) is 7.83. The molecule has 248 valence electrons. The summed E-state index contributed by atoms with van der Waals surface area (Å²) in [6, 6.07) is 0. The van der Waals surface area contributed by atoms with Crippen LogP contribution in [0, 0.1) is 0 Å². The molecular weight excluding hydrogens is 678 g/mol. The zero-order valence-corrected chi connectivity index (χ0v) is 26.0. The van der Waals surface area contributed by atoms with Crippen LogP contribution in [0.5, 0.6) is 0 Å². The number of imidazole rings is 2. The van der Waals surface area contributed by atoms with Crippen molar-refractivity contribution >= 4 is 61.3 Å². The molecule has 0 spiro atoms. The summed E-state index contributed by atoms with van der Waals surface area (Å²) in [6.45, 7) is -0.771. The molecular formula is C21H26N10O12P2S. The van der Waals surface area contributed by atoms with E-state index in [1.54, 1.807) is 6.26 Å². The fraction of sp³-hybridized carbons (Fsp3) is 0.524. The van der Waals surface area contributed by atoms with Crippen LogP contribution in [0.1, 0.15) is 12.5 Å². The van der Waals surface area contributed by atoms with Gasteiger partial charge >= 0.3 is 15.4 Å². The number of anilines is 2. The Morgan fingerprint density at radius 2 is 1.61 bits per heavy atom. The standard InChI is InChI=1S/C21H26N10O12P2S/c1-46-17-9-16(28-21(23)29-17)31(5-27-9)18-10(32)12-7(40-18)2-39-45(36,37)43-13-11(33)19(41-20(13)38-6-44(34,35)42-12)30-4-26-8-14(22)24-3-25-15(8)30/h3-5,7,10-13,18-20,32-33H,2,6H2,1H3,(H,34,35)(H,36,37)(H2,22,24,25)(H2,23,28,29)/t7-,10+,11+,12?,13?,18-,19-,20+/m1/s1. The van der Waals surface area contributed by atoms with E-state index in [1.165, 1.54) is 33.6 Å². The van der Waals surface area contributed by atoms with Gasteiger partial charge in [0.05, 0.1) is 19.3 Å². The van der Waals surface area contributed by atoms with Gasteiger partial charge in [-0.2, -0.15) is 4.98 Å².